The molecule has 16 heavy (non-hydrogen) atoms. The number of halogens is 2. The molecule has 0 aliphatic rings. The fourth-order valence-electron chi connectivity index (χ4n) is 1.25. The van der Waals surface area contributed by atoms with Crippen LogP contribution in [-0.2, 0) is 6.42 Å². The first-order valence-electron chi connectivity index (χ1n) is 4.96. The Morgan fingerprint density at radius 2 is 2.06 bits per heavy atom. The van der Waals surface area contributed by atoms with Crippen molar-refractivity contribution in [1.29, 1.82) is 0 Å². The highest BCUT2D eigenvalue weighted by atomic mass is 35.5. The zero-order valence-electron chi connectivity index (χ0n) is 8.99. The van der Waals surface area contributed by atoms with Crippen LogP contribution in [0.15, 0.2) is 34.8 Å². The Morgan fingerprint density at radius 1 is 1.44 bits per heavy atom. The van der Waals surface area contributed by atoms with Gasteiger partial charge in [-0.3, -0.25) is 0 Å². The van der Waals surface area contributed by atoms with Gasteiger partial charge in [0.25, 0.3) is 0 Å². The highest BCUT2D eigenvalue weighted by Crippen LogP contribution is 2.15. The smallest absolute Gasteiger partial charge is 0.125 e. The largest absolute Gasteiger partial charge is 0.488 e. The van der Waals surface area contributed by atoms with Gasteiger partial charge in [-0.15, -0.1) is 0 Å². The van der Waals surface area contributed by atoms with Gasteiger partial charge in [-0.05, 0) is 31.0 Å². The average molecular weight is 261 g/mol. The van der Waals surface area contributed by atoms with E-state index in [9.17, 15) is 5.11 Å². The highest BCUT2D eigenvalue weighted by Gasteiger charge is 2.00. The van der Waals surface area contributed by atoms with Gasteiger partial charge in [0.05, 0.1) is 11.1 Å². The molecule has 1 aromatic carbocycles. The van der Waals surface area contributed by atoms with Crippen LogP contribution in [0.2, 0.25) is 0 Å². The SMILES string of the molecule is CC(O)Cc1ccc(OC/C(Cl)=C/Cl)cc1. The lowest BCUT2D eigenvalue weighted by Crippen LogP contribution is -2.04. The maximum atomic E-state index is 9.21. The summed E-state index contributed by atoms with van der Waals surface area (Å²) in [7, 11) is 0. The van der Waals surface area contributed by atoms with Gasteiger partial charge in [-0.25, -0.2) is 0 Å². The van der Waals surface area contributed by atoms with Crippen LogP contribution < -0.4 is 4.74 Å². The van der Waals surface area contributed by atoms with Crippen molar-refractivity contribution in [2.45, 2.75) is 19.4 Å². The lowest BCUT2D eigenvalue weighted by atomic mass is 10.1. The van der Waals surface area contributed by atoms with Crippen molar-refractivity contribution in [3.8, 4) is 5.75 Å². The van der Waals surface area contributed by atoms with Gasteiger partial charge in [-0.2, -0.15) is 0 Å². The number of hydrogen-bond donors (Lipinski definition) is 1. The zero-order chi connectivity index (χ0) is 12.0. The third-order valence-corrected chi connectivity index (χ3v) is 2.54. The van der Waals surface area contributed by atoms with Crippen molar-refractivity contribution in [2.24, 2.45) is 0 Å². The molecule has 0 saturated carbocycles. The Balaban J connectivity index is 2.51. The fourth-order valence-corrected chi connectivity index (χ4v) is 1.36. The fraction of sp³-hybridized carbons (Fsp3) is 0.333. The van der Waals surface area contributed by atoms with E-state index in [-0.39, 0.29) is 12.7 Å². The predicted octanol–water partition coefficient (Wildman–Crippen LogP) is 3.31. The van der Waals surface area contributed by atoms with Gasteiger partial charge < -0.3 is 9.84 Å². The summed E-state index contributed by atoms with van der Waals surface area (Å²) >= 11 is 11.1. The van der Waals surface area contributed by atoms with E-state index < -0.39 is 0 Å². The molecule has 1 N–H and O–H groups in total. The topological polar surface area (TPSA) is 29.5 Å². The van der Waals surface area contributed by atoms with Crippen LogP contribution in [0.1, 0.15) is 12.5 Å². The van der Waals surface area contributed by atoms with Gasteiger partial charge in [0, 0.05) is 5.54 Å². The molecule has 1 atom stereocenters. The van der Waals surface area contributed by atoms with E-state index >= 15 is 0 Å². The Hall–Kier alpha value is -0.700. The summed E-state index contributed by atoms with van der Waals surface area (Å²) in [5.41, 5.74) is 2.35. The first-order chi connectivity index (χ1) is 7.61. The Kier molecular flexibility index (Phi) is 5.67. The standard InChI is InChI=1S/C12H14Cl2O2/c1-9(15)6-10-2-4-12(5-3-10)16-8-11(14)7-13/h2-5,7,9,15H,6,8H2,1H3/b11-7-. The van der Waals surface area contributed by atoms with Crippen LogP contribution >= 0.6 is 23.2 Å². The second-order valence-electron chi connectivity index (χ2n) is 3.54. The summed E-state index contributed by atoms with van der Waals surface area (Å²) in [5.74, 6) is 0.728. The van der Waals surface area contributed by atoms with Crippen molar-refractivity contribution in [1.82, 2.24) is 0 Å². The van der Waals surface area contributed by atoms with Crippen molar-refractivity contribution in [2.75, 3.05) is 6.61 Å². The summed E-state index contributed by atoms with van der Waals surface area (Å²) < 4.78 is 5.37. The second-order valence-corrected chi connectivity index (χ2v) is 4.25. The summed E-state index contributed by atoms with van der Waals surface area (Å²) in [4.78, 5) is 0. The van der Waals surface area contributed by atoms with Crippen LogP contribution in [0.4, 0.5) is 0 Å². The lowest BCUT2D eigenvalue weighted by molar-refractivity contribution is 0.195. The molecule has 0 amide bonds. The lowest BCUT2D eigenvalue weighted by Gasteiger charge is -2.07. The van der Waals surface area contributed by atoms with E-state index in [4.69, 9.17) is 27.9 Å². The number of ether oxygens (including phenoxy) is 1. The molecule has 0 aliphatic heterocycles. The van der Waals surface area contributed by atoms with E-state index in [1.54, 1.807) is 6.92 Å². The monoisotopic (exact) mass is 260 g/mol. The third-order valence-electron chi connectivity index (χ3n) is 1.95. The van der Waals surface area contributed by atoms with Crippen molar-refractivity contribution < 1.29 is 9.84 Å². The second kappa shape index (κ2) is 6.79. The van der Waals surface area contributed by atoms with Crippen molar-refractivity contribution >= 4 is 23.2 Å². The summed E-state index contributed by atoms with van der Waals surface area (Å²) in [6, 6.07) is 7.52. The maximum Gasteiger partial charge on any atom is 0.125 e. The highest BCUT2D eigenvalue weighted by molar-refractivity contribution is 6.36. The molecule has 2 nitrogen and oxygen atoms in total. The number of aliphatic hydroxyl groups is 1. The third kappa shape index (κ3) is 4.88. The van der Waals surface area contributed by atoms with Crippen LogP contribution in [-0.4, -0.2) is 17.8 Å². The van der Waals surface area contributed by atoms with E-state index in [2.05, 4.69) is 0 Å². The maximum absolute atomic E-state index is 9.21. The van der Waals surface area contributed by atoms with E-state index in [0.717, 1.165) is 11.3 Å². The molecule has 1 aromatic rings. The minimum absolute atomic E-state index is 0.265. The van der Waals surface area contributed by atoms with Gasteiger partial charge in [0.2, 0.25) is 0 Å². The summed E-state index contributed by atoms with van der Waals surface area (Å²) in [6.07, 6.45) is 0.309. The van der Waals surface area contributed by atoms with Gasteiger partial charge in [0.15, 0.2) is 0 Å². The number of rotatable bonds is 5. The van der Waals surface area contributed by atoms with Crippen molar-refractivity contribution in [3.05, 3.63) is 40.4 Å². The van der Waals surface area contributed by atoms with Gasteiger partial charge >= 0.3 is 0 Å². The molecule has 1 rings (SSSR count). The van der Waals surface area contributed by atoms with Gasteiger partial charge in [0.1, 0.15) is 12.4 Å². The van der Waals surface area contributed by atoms with Gasteiger partial charge in [-0.1, -0.05) is 35.3 Å². The van der Waals surface area contributed by atoms with Crippen LogP contribution in [0.25, 0.3) is 0 Å². The van der Waals surface area contributed by atoms with Crippen molar-refractivity contribution in [3.63, 3.8) is 0 Å². The summed E-state index contributed by atoms with van der Waals surface area (Å²) in [5, 5.41) is 9.67. The molecule has 1 unspecified atom stereocenters. The average Bonchev–Trinajstić information content (AvgIpc) is 2.27. The molecule has 0 aliphatic carbocycles. The molecule has 0 heterocycles. The molecule has 0 aromatic heterocycles. The normalized spacial score (nSPS) is 13.6. The quantitative estimate of drug-likeness (QED) is 0.881. The molecular formula is C12H14Cl2O2. The first-order valence-corrected chi connectivity index (χ1v) is 5.78. The predicted molar refractivity (Wildman–Crippen MR) is 67.1 cm³/mol. The van der Waals surface area contributed by atoms with E-state index in [0.29, 0.717) is 11.5 Å². The Morgan fingerprint density at radius 3 is 2.56 bits per heavy atom. The molecular weight excluding hydrogens is 247 g/mol. The van der Waals surface area contributed by atoms with Crippen LogP contribution in [0.3, 0.4) is 0 Å². The number of hydrogen-bond acceptors (Lipinski definition) is 2. The zero-order valence-corrected chi connectivity index (χ0v) is 10.5. The summed E-state index contributed by atoms with van der Waals surface area (Å²) in [6.45, 7) is 2.02. The molecule has 0 saturated heterocycles. The molecule has 0 spiro atoms. The Bertz CT molecular complexity index is 345. The minimum atomic E-state index is -0.333. The van der Waals surface area contributed by atoms with E-state index in [1.165, 1.54) is 5.54 Å². The molecule has 88 valence electrons. The first kappa shape index (κ1) is 13.4. The molecule has 0 radical (unpaired) electrons. The molecule has 0 fully saturated rings. The van der Waals surface area contributed by atoms with E-state index in [1.807, 2.05) is 24.3 Å². The molecule has 4 heteroatoms. The number of benzene rings is 1. The number of aliphatic hydroxyl groups excluding tert-OH is 1. The Labute approximate surface area is 105 Å². The molecule has 0 bridgehead atoms. The van der Waals surface area contributed by atoms with Crippen LogP contribution in [0, 0.1) is 0 Å². The van der Waals surface area contributed by atoms with Crippen LogP contribution in [0.5, 0.6) is 5.75 Å². The minimum Gasteiger partial charge on any atom is -0.488 e.